The van der Waals surface area contributed by atoms with Gasteiger partial charge in [-0.3, -0.25) is 0 Å². The van der Waals surface area contributed by atoms with Crippen LogP contribution in [0.25, 0.3) is 0 Å². The monoisotopic (exact) mass is 271 g/mol. The van der Waals surface area contributed by atoms with Crippen LogP contribution >= 0.6 is 0 Å². The number of hydrogen-bond acceptors (Lipinski definition) is 4. The lowest BCUT2D eigenvalue weighted by molar-refractivity contribution is 0.296. The summed E-state index contributed by atoms with van der Waals surface area (Å²) in [4.78, 5) is 6.95. The highest BCUT2D eigenvalue weighted by Gasteiger charge is 2.27. The number of aromatic nitrogens is 1. The summed E-state index contributed by atoms with van der Waals surface area (Å²) < 4.78 is 0. The van der Waals surface area contributed by atoms with E-state index in [0.29, 0.717) is 18.2 Å². The van der Waals surface area contributed by atoms with Crippen molar-refractivity contribution < 1.29 is 5.11 Å². The SMILES string of the molecule is N#Cc1cc2c(nc1N(CCO)C1CCCC1)CCC2. The molecule has 1 aromatic heterocycles. The second-order valence-electron chi connectivity index (χ2n) is 5.79. The number of hydrogen-bond donors (Lipinski definition) is 1. The van der Waals surface area contributed by atoms with Crippen molar-refractivity contribution in [2.24, 2.45) is 0 Å². The minimum absolute atomic E-state index is 0.111. The number of pyridine rings is 1. The second-order valence-corrected chi connectivity index (χ2v) is 5.79. The molecule has 2 aliphatic carbocycles. The van der Waals surface area contributed by atoms with Gasteiger partial charge in [0.15, 0.2) is 0 Å². The molecule has 0 saturated heterocycles. The van der Waals surface area contributed by atoms with Gasteiger partial charge in [0.1, 0.15) is 11.9 Å². The van der Waals surface area contributed by atoms with Crippen LogP contribution < -0.4 is 4.90 Å². The Morgan fingerprint density at radius 2 is 2.10 bits per heavy atom. The molecule has 0 amide bonds. The Morgan fingerprint density at radius 3 is 2.80 bits per heavy atom. The van der Waals surface area contributed by atoms with E-state index in [1.807, 2.05) is 6.07 Å². The first kappa shape index (κ1) is 13.4. The zero-order valence-corrected chi connectivity index (χ0v) is 11.8. The fourth-order valence-electron chi connectivity index (χ4n) is 3.55. The van der Waals surface area contributed by atoms with Crippen molar-refractivity contribution in [2.75, 3.05) is 18.1 Å². The van der Waals surface area contributed by atoms with Crippen LogP contribution in [0, 0.1) is 11.3 Å². The van der Waals surface area contributed by atoms with Crippen molar-refractivity contribution in [3.8, 4) is 6.07 Å². The third-order valence-electron chi connectivity index (χ3n) is 4.53. The number of rotatable bonds is 4. The second kappa shape index (κ2) is 5.80. The van der Waals surface area contributed by atoms with Gasteiger partial charge < -0.3 is 10.0 Å². The van der Waals surface area contributed by atoms with E-state index in [4.69, 9.17) is 4.98 Å². The maximum atomic E-state index is 9.43. The molecule has 0 radical (unpaired) electrons. The average Bonchev–Trinajstić information content (AvgIpc) is 3.14. The van der Waals surface area contributed by atoms with E-state index >= 15 is 0 Å². The highest BCUT2D eigenvalue weighted by atomic mass is 16.3. The smallest absolute Gasteiger partial charge is 0.147 e. The Hall–Kier alpha value is -1.60. The van der Waals surface area contributed by atoms with Gasteiger partial charge in [-0.15, -0.1) is 0 Å². The Morgan fingerprint density at radius 1 is 1.30 bits per heavy atom. The highest BCUT2D eigenvalue weighted by Crippen LogP contribution is 2.32. The molecule has 3 rings (SSSR count). The third-order valence-corrected chi connectivity index (χ3v) is 4.53. The van der Waals surface area contributed by atoms with E-state index in [0.717, 1.165) is 43.6 Å². The topological polar surface area (TPSA) is 60.2 Å². The molecule has 4 nitrogen and oxygen atoms in total. The standard InChI is InChI=1S/C16H21N3O/c17-11-13-10-12-4-3-7-15(12)18-16(13)19(8-9-20)14-5-1-2-6-14/h10,14,20H,1-9H2. The third kappa shape index (κ3) is 2.38. The number of aliphatic hydroxyl groups excluding tert-OH is 1. The number of aryl methyl sites for hydroxylation is 2. The van der Waals surface area contributed by atoms with Crippen LogP contribution in [-0.2, 0) is 12.8 Å². The first-order valence-corrected chi connectivity index (χ1v) is 7.64. The van der Waals surface area contributed by atoms with Crippen molar-refractivity contribution in [1.29, 1.82) is 5.26 Å². The van der Waals surface area contributed by atoms with Crippen LogP contribution in [-0.4, -0.2) is 29.3 Å². The highest BCUT2D eigenvalue weighted by molar-refractivity contribution is 5.57. The largest absolute Gasteiger partial charge is 0.395 e. The maximum Gasteiger partial charge on any atom is 0.147 e. The van der Waals surface area contributed by atoms with Crippen molar-refractivity contribution in [1.82, 2.24) is 4.98 Å². The number of aliphatic hydroxyl groups is 1. The molecule has 106 valence electrons. The molecular weight excluding hydrogens is 250 g/mol. The van der Waals surface area contributed by atoms with Gasteiger partial charge in [-0.2, -0.15) is 5.26 Å². The number of nitriles is 1. The fraction of sp³-hybridized carbons (Fsp3) is 0.625. The van der Waals surface area contributed by atoms with E-state index < -0.39 is 0 Å². The van der Waals surface area contributed by atoms with E-state index in [9.17, 15) is 10.4 Å². The molecule has 0 unspecified atom stereocenters. The van der Waals surface area contributed by atoms with E-state index in [1.165, 1.54) is 18.4 Å². The molecule has 1 N–H and O–H groups in total. The summed E-state index contributed by atoms with van der Waals surface area (Å²) in [6, 6.07) is 4.75. The maximum absolute atomic E-state index is 9.43. The lowest BCUT2D eigenvalue weighted by atomic mass is 10.1. The van der Waals surface area contributed by atoms with E-state index in [2.05, 4.69) is 11.0 Å². The molecule has 1 fully saturated rings. The fourth-order valence-corrected chi connectivity index (χ4v) is 3.55. The van der Waals surface area contributed by atoms with Gasteiger partial charge in [-0.1, -0.05) is 12.8 Å². The van der Waals surface area contributed by atoms with Crippen molar-refractivity contribution >= 4 is 5.82 Å². The van der Waals surface area contributed by atoms with Crippen LogP contribution in [0.5, 0.6) is 0 Å². The Labute approximate surface area is 120 Å². The van der Waals surface area contributed by atoms with Crippen LogP contribution in [0.2, 0.25) is 0 Å². The molecule has 4 heteroatoms. The predicted molar refractivity (Wildman–Crippen MR) is 77.7 cm³/mol. The molecule has 1 heterocycles. The Bertz CT molecular complexity index is 529. The minimum Gasteiger partial charge on any atom is -0.395 e. The van der Waals surface area contributed by atoms with Crippen molar-refractivity contribution in [2.45, 2.75) is 51.0 Å². The number of nitrogens with zero attached hydrogens (tertiary/aromatic N) is 3. The van der Waals surface area contributed by atoms with Crippen LogP contribution in [0.1, 0.15) is 48.9 Å². The molecular formula is C16H21N3O. The summed E-state index contributed by atoms with van der Waals surface area (Å²) in [6.45, 7) is 0.686. The van der Waals surface area contributed by atoms with Gasteiger partial charge in [0.05, 0.1) is 12.2 Å². The van der Waals surface area contributed by atoms with Crippen LogP contribution in [0.15, 0.2) is 6.07 Å². The molecule has 0 atom stereocenters. The first-order chi connectivity index (χ1) is 9.83. The summed E-state index contributed by atoms with van der Waals surface area (Å²) in [6.07, 6.45) is 7.96. The van der Waals surface area contributed by atoms with Crippen molar-refractivity contribution in [3.63, 3.8) is 0 Å². The number of anilines is 1. The van der Waals surface area contributed by atoms with Gasteiger partial charge in [0, 0.05) is 18.3 Å². The van der Waals surface area contributed by atoms with Gasteiger partial charge in [-0.05, 0) is 43.7 Å². The van der Waals surface area contributed by atoms with Crippen molar-refractivity contribution in [3.05, 3.63) is 22.9 Å². The molecule has 0 aromatic carbocycles. The molecule has 0 bridgehead atoms. The Balaban J connectivity index is 1.99. The molecule has 1 saturated carbocycles. The summed E-state index contributed by atoms with van der Waals surface area (Å²) in [5, 5.41) is 18.8. The summed E-state index contributed by atoms with van der Waals surface area (Å²) in [5.74, 6) is 0.800. The Kier molecular flexibility index (Phi) is 3.88. The lowest BCUT2D eigenvalue weighted by Crippen LogP contribution is -2.37. The summed E-state index contributed by atoms with van der Waals surface area (Å²) >= 11 is 0. The predicted octanol–water partition coefficient (Wildman–Crippen LogP) is 2.18. The molecule has 0 spiro atoms. The normalized spacial score (nSPS) is 18.0. The summed E-state index contributed by atoms with van der Waals surface area (Å²) in [5.41, 5.74) is 3.06. The molecule has 2 aliphatic rings. The van der Waals surface area contributed by atoms with E-state index in [-0.39, 0.29) is 6.61 Å². The lowest BCUT2D eigenvalue weighted by Gasteiger charge is -2.30. The van der Waals surface area contributed by atoms with Crippen LogP contribution in [0.3, 0.4) is 0 Å². The van der Waals surface area contributed by atoms with Crippen LogP contribution in [0.4, 0.5) is 5.82 Å². The van der Waals surface area contributed by atoms with Gasteiger partial charge in [-0.25, -0.2) is 4.98 Å². The summed E-state index contributed by atoms with van der Waals surface area (Å²) in [7, 11) is 0. The molecule has 0 aliphatic heterocycles. The zero-order chi connectivity index (χ0) is 13.9. The average molecular weight is 271 g/mol. The molecule has 20 heavy (non-hydrogen) atoms. The van der Waals surface area contributed by atoms with Gasteiger partial charge in [0.25, 0.3) is 0 Å². The molecule has 1 aromatic rings. The van der Waals surface area contributed by atoms with Gasteiger partial charge in [0.2, 0.25) is 0 Å². The minimum atomic E-state index is 0.111. The number of fused-ring (bicyclic) bond motifs is 1. The van der Waals surface area contributed by atoms with Gasteiger partial charge >= 0.3 is 0 Å². The quantitative estimate of drug-likeness (QED) is 0.912. The van der Waals surface area contributed by atoms with E-state index in [1.54, 1.807) is 0 Å². The first-order valence-electron chi connectivity index (χ1n) is 7.64. The zero-order valence-electron chi connectivity index (χ0n) is 11.8.